The molecule has 0 radical (unpaired) electrons. The van der Waals surface area contributed by atoms with Gasteiger partial charge in [0.05, 0.1) is 0 Å². The zero-order valence-electron chi connectivity index (χ0n) is 12.8. The van der Waals surface area contributed by atoms with Gasteiger partial charge in [-0.05, 0) is 44.2 Å². The summed E-state index contributed by atoms with van der Waals surface area (Å²) in [5, 5.41) is 6.62. The van der Waals surface area contributed by atoms with E-state index in [9.17, 15) is 9.59 Å². The predicted octanol–water partition coefficient (Wildman–Crippen LogP) is 1.73. The van der Waals surface area contributed by atoms with E-state index < -0.39 is 0 Å². The smallest absolute Gasteiger partial charge is 0.267 e. The summed E-state index contributed by atoms with van der Waals surface area (Å²) in [6, 6.07) is 10.6. The number of nitrogens with one attached hydrogen (secondary N) is 1. The number of carbonyl (C=O) groups is 1. The van der Waals surface area contributed by atoms with E-state index in [1.807, 2.05) is 24.3 Å². The predicted molar refractivity (Wildman–Crippen MR) is 87.1 cm³/mol. The molecule has 0 bridgehead atoms. The summed E-state index contributed by atoms with van der Waals surface area (Å²) in [6.07, 6.45) is 1.48. The Morgan fingerprint density at radius 1 is 1.18 bits per heavy atom. The molecule has 1 aromatic carbocycles. The molecule has 2 aromatic rings. The Kier molecular flexibility index (Phi) is 5.30. The van der Waals surface area contributed by atoms with Crippen molar-refractivity contribution < 1.29 is 4.79 Å². The van der Waals surface area contributed by atoms with Gasteiger partial charge in [0.2, 0.25) is 5.91 Å². The van der Waals surface area contributed by atoms with Crippen LogP contribution in [0.2, 0.25) is 0 Å². The van der Waals surface area contributed by atoms with E-state index in [4.69, 9.17) is 0 Å². The molecule has 2 rings (SSSR count). The number of rotatable bonds is 6. The number of hydrogen-bond donors (Lipinski definition) is 1. The molecule has 22 heavy (non-hydrogen) atoms. The van der Waals surface area contributed by atoms with E-state index in [0.717, 1.165) is 23.5 Å². The second kappa shape index (κ2) is 7.40. The molecule has 1 aromatic heterocycles. The fourth-order valence-corrected chi connectivity index (χ4v) is 2.19. The Morgan fingerprint density at radius 3 is 2.45 bits per heavy atom. The molecular formula is C16H20N4O2. The summed E-state index contributed by atoms with van der Waals surface area (Å²) in [7, 11) is 0. The van der Waals surface area contributed by atoms with Gasteiger partial charge in [0.1, 0.15) is 6.54 Å². The summed E-state index contributed by atoms with van der Waals surface area (Å²) in [5.41, 5.74) is 1.52. The van der Waals surface area contributed by atoms with E-state index in [1.165, 1.54) is 12.3 Å². The second-order valence-electron chi connectivity index (χ2n) is 4.79. The van der Waals surface area contributed by atoms with Gasteiger partial charge in [0.15, 0.2) is 0 Å². The highest BCUT2D eigenvalue weighted by Crippen LogP contribution is 2.17. The number of amides is 1. The highest BCUT2D eigenvalue weighted by Gasteiger charge is 2.06. The first-order valence-corrected chi connectivity index (χ1v) is 7.31. The SMILES string of the molecule is CCN(CC)c1ccc(NC(=O)Cn2ncccc2=O)cc1. The number of carbonyl (C=O) groups excluding carboxylic acids is 1. The van der Waals surface area contributed by atoms with Gasteiger partial charge in [-0.2, -0.15) is 5.10 Å². The Hall–Kier alpha value is -2.63. The Labute approximate surface area is 129 Å². The van der Waals surface area contributed by atoms with Crippen molar-refractivity contribution in [3.8, 4) is 0 Å². The largest absolute Gasteiger partial charge is 0.372 e. The van der Waals surface area contributed by atoms with Crippen LogP contribution in [0.3, 0.4) is 0 Å². The molecule has 0 aliphatic carbocycles. The number of aromatic nitrogens is 2. The van der Waals surface area contributed by atoms with Crippen LogP contribution in [0.25, 0.3) is 0 Å². The van der Waals surface area contributed by atoms with Crippen LogP contribution < -0.4 is 15.8 Å². The molecule has 6 heteroatoms. The van der Waals surface area contributed by atoms with Crippen molar-refractivity contribution >= 4 is 17.3 Å². The number of nitrogens with zero attached hydrogens (tertiary/aromatic N) is 3. The lowest BCUT2D eigenvalue weighted by atomic mass is 10.2. The van der Waals surface area contributed by atoms with Gasteiger partial charge in [-0.1, -0.05) is 0 Å². The number of hydrogen-bond acceptors (Lipinski definition) is 4. The quantitative estimate of drug-likeness (QED) is 0.882. The first-order chi connectivity index (χ1) is 10.6. The van der Waals surface area contributed by atoms with Gasteiger partial charge in [-0.15, -0.1) is 0 Å². The molecule has 0 spiro atoms. The first kappa shape index (κ1) is 15.8. The molecule has 0 aliphatic heterocycles. The third-order valence-electron chi connectivity index (χ3n) is 3.36. The standard InChI is InChI=1S/C16H20N4O2/c1-3-19(4-2)14-9-7-13(8-10-14)18-15(21)12-20-16(22)6-5-11-17-20/h5-11H,3-4,12H2,1-2H3,(H,18,21). The van der Waals surface area contributed by atoms with Crippen LogP contribution in [0.15, 0.2) is 47.4 Å². The van der Waals surface area contributed by atoms with Crippen molar-refractivity contribution in [2.75, 3.05) is 23.3 Å². The van der Waals surface area contributed by atoms with Gasteiger partial charge in [-0.25, -0.2) is 4.68 Å². The van der Waals surface area contributed by atoms with Gasteiger partial charge < -0.3 is 10.2 Å². The molecule has 0 atom stereocenters. The van der Waals surface area contributed by atoms with Crippen LogP contribution in [0.1, 0.15) is 13.8 Å². The monoisotopic (exact) mass is 300 g/mol. The maximum absolute atomic E-state index is 11.9. The van der Waals surface area contributed by atoms with Crippen LogP contribution in [0.5, 0.6) is 0 Å². The van der Waals surface area contributed by atoms with Crippen LogP contribution in [-0.2, 0) is 11.3 Å². The summed E-state index contributed by atoms with van der Waals surface area (Å²) >= 11 is 0. The van der Waals surface area contributed by atoms with Gasteiger partial charge in [-0.3, -0.25) is 9.59 Å². The molecule has 1 heterocycles. The molecule has 0 fully saturated rings. The summed E-state index contributed by atoms with van der Waals surface area (Å²) in [6.45, 7) is 5.97. The van der Waals surface area contributed by atoms with Crippen LogP contribution in [0.4, 0.5) is 11.4 Å². The van der Waals surface area contributed by atoms with Gasteiger partial charge in [0, 0.05) is 36.7 Å². The minimum absolute atomic E-state index is 0.0997. The minimum atomic E-state index is -0.297. The highest BCUT2D eigenvalue weighted by atomic mass is 16.2. The minimum Gasteiger partial charge on any atom is -0.372 e. The lowest BCUT2D eigenvalue weighted by molar-refractivity contribution is -0.117. The van der Waals surface area contributed by atoms with Crippen LogP contribution in [-0.4, -0.2) is 28.8 Å². The third kappa shape index (κ3) is 3.94. The van der Waals surface area contributed by atoms with Crippen molar-refractivity contribution in [2.45, 2.75) is 20.4 Å². The summed E-state index contributed by atoms with van der Waals surface area (Å²) in [4.78, 5) is 25.7. The maximum atomic E-state index is 11.9. The van der Waals surface area contributed by atoms with Crippen molar-refractivity contribution in [3.05, 3.63) is 52.9 Å². The zero-order chi connectivity index (χ0) is 15.9. The fourth-order valence-electron chi connectivity index (χ4n) is 2.19. The molecule has 0 unspecified atom stereocenters. The summed E-state index contributed by atoms with van der Waals surface area (Å²) < 4.78 is 1.12. The lowest BCUT2D eigenvalue weighted by Gasteiger charge is -2.21. The van der Waals surface area contributed by atoms with Crippen molar-refractivity contribution in [3.63, 3.8) is 0 Å². The normalized spacial score (nSPS) is 10.3. The lowest BCUT2D eigenvalue weighted by Crippen LogP contribution is -2.28. The average Bonchev–Trinajstić information content (AvgIpc) is 2.52. The third-order valence-corrected chi connectivity index (χ3v) is 3.36. The number of benzene rings is 1. The van der Waals surface area contributed by atoms with E-state index in [-0.39, 0.29) is 18.0 Å². The zero-order valence-corrected chi connectivity index (χ0v) is 12.8. The second-order valence-corrected chi connectivity index (χ2v) is 4.79. The summed E-state index contributed by atoms with van der Waals surface area (Å²) in [5.74, 6) is -0.281. The first-order valence-electron chi connectivity index (χ1n) is 7.31. The molecule has 1 amide bonds. The highest BCUT2D eigenvalue weighted by molar-refractivity contribution is 5.90. The van der Waals surface area contributed by atoms with Gasteiger partial charge in [0.25, 0.3) is 5.56 Å². The molecule has 0 saturated heterocycles. The fraction of sp³-hybridized carbons (Fsp3) is 0.312. The molecule has 0 saturated carbocycles. The van der Waals surface area contributed by atoms with Crippen LogP contribution >= 0.6 is 0 Å². The Balaban J connectivity index is 2.00. The van der Waals surface area contributed by atoms with E-state index >= 15 is 0 Å². The van der Waals surface area contributed by atoms with Gasteiger partial charge >= 0.3 is 0 Å². The van der Waals surface area contributed by atoms with E-state index in [2.05, 4.69) is 29.2 Å². The molecule has 6 nitrogen and oxygen atoms in total. The maximum Gasteiger partial charge on any atom is 0.267 e. The number of anilines is 2. The van der Waals surface area contributed by atoms with Crippen molar-refractivity contribution in [2.24, 2.45) is 0 Å². The average molecular weight is 300 g/mol. The van der Waals surface area contributed by atoms with E-state index in [1.54, 1.807) is 6.07 Å². The molecular weight excluding hydrogens is 280 g/mol. The molecule has 0 aliphatic rings. The Bertz CT molecular complexity index is 675. The van der Waals surface area contributed by atoms with E-state index in [0.29, 0.717) is 5.69 Å². The molecule has 1 N–H and O–H groups in total. The van der Waals surface area contributed by atoms with Crippen LogP contribution in [0, 0.1) is 0 Å². The Morgan fingerprint density at radius 2 is 1.86 bits per heavy atom. The van der Waals surface area contributed by atoms with Crippen molar-refractivity contribution in [1.29, 1.82) is 0 Å². The molecule has 116 valence electrons. The van der Waals surface area contributed by atoms with Crippen molar-refractivity contribution in [1.82, 2.24) is 9.78 Å². The topological polar surface area (TPSA) is 67.2 Å².